The summed E-state index contributed by atoms with van der Waals surface area (Å²) < 4.78 is 0. The molecule has 1 aromatic rings. The molecule has 1 fully saturated rings. The van der Waals surface area contributed by atoms with Gasteiger partial charge in [-0.1, -0.05) is 43.7 Å². The largest absolute Gasteiger partial charge is 0.480 e. The van der Waals surface area contributed by atoms with Crippen molar-refractivity contribution in [3.63, 3.8) is 0 Å². The van der Waals surface area contributed by atoms with Crippen LogP contribution in [0.15, 0.2) is 24.3 Å². The lowest BCUT2D eigenvalue weighted by molar-refractivity contribution is -0.142. The van der Waals surface area contributed by atoms with Crippen LogP contribution in [0.4, 0.5) is 4.79 Å². The van der Waals surface area contributed by atoms with Gasteiger partial charge in [-0.2, -0.15) is 0 Å². The molecular formula is C19H25N3O5. The van der Waals surface area contributed by atoms with E-state index >= 15 is 0 Å². The number of hydrogen-bond acceptors (Lipinski definition) is 4. The molecule has 0 bridgehead atoms. The molecule has 0 aromatic heterocycles. The number of aryl methyl sites for hydroxylation is 1. The summed E-state index contributed by atoms with van der Waals surface area (Å²) in [5.74, 6) is -2.34. The van der Waals surface area contributed by atoms with E-state index in [0.29, 0.717) is 5.56 Å². The van der Waals surface area contributed by atoms with Crippen LogP contribution >= 0.6 is 0 Å². The molecule has 27 heavy (non-hydrogen) atoms. The van der Waals surface area contributed by atoms with Crippen molar-refractivity contribution in [2.24, 2.45) is 5.92 Å². The van der Waals surface area contributed by atoms with E-state index in [2.05, 4.69) is 10.6 Å². The second-order valence-corrected chi connectivity index (χ2v) is 7.40. The Balaban J connectivity index is 2.11. The average molecular weight is 375 g/mol. The SMILES string of the molecule is Cc1ccc(C2(C)NC(=O)N(CC(=O)NC(CC(C)C)C(=O)O)C2=O)cc1. The molecule has 2 rings (SSSR count). The van der Waals surface area contributed by atoms with Crippen molar-refractivity contribution >= 4 is 23.8 Å². The Bertz CT molecular complexity index is 759. The van der Waals surface area contributed by atoms with E-state index in [1.807, 2.05) is 32.9 Å². The third-order valence-electron chi connectivity index (χ3n) is 4.55. The van der Waals surface area contributed by atoms with Gasteiger partial charge in [-0.25, -0.2) is 9.59 Å². The molecule has 8 nitrogen and oxygen atoms in total. The molecule has 1 aromatic carbocycles. The van der Waals surface area contributed by atoms with Gasteiger partial charge in [-0.3, -0.25) is 14.5 Å². The van der Waals surface area contributed by atoms with Gasteiger partial charge in [0.1, 0.15) is 18.1 Å². The third-order valence-corrected chi connectivity index (χ3v) is 4.55. The Hall–Kier alpha value is -2.90. The highest BCUT2D eigenvalue weighted by Gasteiger charge is 2.49. The number of carbonyl (C=O) groups is 4. The van der Waals surface area contributed by atoms with Crippen LogP contribution in [-0.2, 0) is 19.9 Å². The van der Waals surface area contributed by atoms with Crippen molar-refractivity contribution in [3.8, 4) is 0 Å². The zero-order valence-electron chi connectivity index (χ0n) is 15.9. The fourth-order valence-corrected chi connectivity index (χ4v) is 3.00. The number of urea groups is 1. The van der Waals surface area contributed by atoms with E-state index in [-0.39, 0.29) is 12.3 Å². The fraction of sp³-hybridized carbons (Fsp3) is 0.474. The molecule has 0 spiro atoms. The van der Waals surface area contributed by atoms with Gasteiger partial charge >= 0.3 is 12.0 Å². The minimum absolute atomic E-state index is 0.0629. The van der Waals surface area contributed by atoms with Crippen molar-refractivity contribution < 1.29 is 24.3 Å². The number of imide groups is 1. The van der Waals surface area contributed by atoms with E-state index < -0.39 is 41.9 Å². The molecule has 1 saturated heterocycles. The number of benzene rings is 1. The first kappa shape index (κ1) is 20.4. The van der Waals surface area contributed by atoms with Crippen LogP contribution in [0.3, 0.4) is 0 Å². The summed E-state index contributed by atoms with van der Waals surface area (Å²) in [5, 5.41) is 14.2. The number of nitrogens with zero attached hydrogens (tertiary/aromatic N) is 1. The minimum atomic E-state index is -1.27. The zero-order valence-corrected chi connectivity index (χ0v) is 15.9. The number of rotatable bonds is 7. The Morgan fingerprint density at radius 2 is 1.81 bits per heavy atom. The van der Waals surface area contributed by atoms with Crippen molar-refractivity contribution in [1.29, 1.82) is 0 Å². The summed E-state index contributed by atoms with van der Waals surface area (Å²) in [6, 6.07) is 5.41. The number of carboxylic acid groups (broad SMARTS) is 1. The van der Waals surface area contributed by atoms with Gasteiger partial charge in [0.25, 0.3) is 5.91 Å². The van der Waals surface area contributed by atoms with Gasteiger partial charge in [0, 0.05) is 0 Å². The molecule has 1 aliphatic heterocycles. The summed E-state index contributed by atoms with van der Waals surface area (Å²) >= 11 is 0. The van der Waals surface area contributed by atoms with Crippen LogP contribution < -0.4 is 10.6 Å². The highest BCUT2D eigenvalue weighted by molar-refractivity contribution is 6.09. The molecule has 0 aliphatic carbocycles. The van der Waals surface area contributed by atoms with E-state index in [9.17, 15) is 24.3 Å². The molecule has 4 amide bonds. The van der Waals surface area contributed by atoms with Crippen LogP contribution in [-0.4, -0.2) is 46.4 Å². The highest BCUT2D eigenvalue weighted by Crippen LogP contribution is 2.28. The zero-order chi connectivity index (χ0) is 20.4. The first-order valence-corrected chi connectivity index (χ1v) is 8.78. The number of hydrogen-bond donors (Lipinski definition) is 3. The number of amides is 4. The highest BCUT2D eigenvalue weighted by atomic mass is 16.4. The van der Waals surface area contributed by atoms with Gasteiger partial charge in [-0.05, 0) is 31.7 Å². The van der Waals surface area contributed by atoms with Crippen LogP contribution in [0, 0.1) is 12.8 Å². The monoisotopic (exact) mass is 375 g/mol. The van der Waals surface area contributed by atoms with Crippen molar-refractivity contribution in [3.05, 3.63) is 35.4 Å². The smallest absolute Gasteiger partial charge is 0.326 e. The molecule has 146 valence electrons. The van der Waals surface area contributed by atoms with Crippen LogP contribution in [0.1, 0.15) is 38.3 Å². The Morgan fingerprint density at radius 1 is 1.22 bits per heavy atom. The summed E-state index contributed by atoms with van der Waals surface area (Å²) in [7, 11) is 0. The first-order valence-electron chi connectivity index (χ1n) is 8.78. The van der Waals surface area contributed by atoms with Crippen LogP contribution in [0.2, 0.25) is 0 Å². The molecule has 0 radical (unpaired) electrons. The molecule has 2 unspecified atom stereocenters. The van der Waals surface area contributed by atoms with Gasteiger partial charge in [0.15, 0.2) is 0 Å². The predicted molar refractivity (Wildman–Crippen MR) is 97.8 cm³/mol. The molecule has 0 saturated carbocycles. The Morgan fingerprint density at radius 3 is 2.33 bits per heavy atom. The minimum Gasteiger partial charge on any atom is -0.480 e. The topological polar surface area (TPSA) is 116 Å². The van der Waals surface area contributed by atoms with E-state index in [0.717, 1.165) is 10.5 Å². The number of carbonyl (C=O) groups excluding carboxylic acids is 3. The quantitative estimate of drug-likeness (QED) is 0.623. The maximum atomic E-state index is 12.8. The van der Waals surface area contributed by atoms with Gasteiger partial charge in [0.2, 0.25) is 5.91 Å². The molecule has 2 atom stereocenters. The van der Waals surface area contributed by atoms with Gasteiger partial charge < -0.3 is 15.7 Å². The number of aliphatic carboxylic acids is 1. The second kappa shape index (κ2) is 7.77. The second-order valence-electron chi connectivity index (χ2n) is 7.40. The normalized spacial score (nSPS) is 20.6. The average Bonchev–Trinajstić information content (AvgIpc) is 2.78. The van der Waals surface area contributed by atoms with E-state index in [4.69, 9.17) is 0 Å². The van der Waals surface area contributed by atoms with Crippen molar-refractivity contribution in [2.45, 2.75) is 45.7 Å². The summed E-state index contributed by atoms with van der Waals surface area (Å²) in [6.07, 6.45) is 0.252. The third kappa shape index (κ3) is 4.45. The molecule has 1 aliphatic rings. The molecular weight excluding hydrogens is 350 g/mol. The van der Waals surface area contributed by atoms with Crippen LogP contribution in [0.5, 0.6) is 0 Å². The van der Waals surface area contributed by atoms with E-state index in [1.165, 1.54) is 0 Å². The van der Waals surface area contributed by atoms with E-state index in [1.54, 1.807) is 19.1 Å². The Kier molecular flexibility index (Phi) is 5.88. The summed E-state index contributed by atoms with van der Waals surface area (Å²) in [6.45, 7) is 6.63. The van der Waals surface area contributed by atoms with Gasteiger partial charge in [-0.15, -0.1) is 0 Å². The molecule has 1 heterocycles. The lowest BCUT2D eigenvalue weighted by Crippen LogP contribution is -2.48. The molecule has 8 heteroatoms. The first-order chi connectivity index (χ1) is 12.5. The summed E-state index contributed by atoms with van der Waals surface area (Å²) in [5.41, 5.74) is 0.354. The molecule has 3 N–H and O–H groups in total. The van der Waals surface area contributed by atoms with Crippen LogP contribution in [0.25, 0.3) is 0 Å². The van der Waals surface area contributed by atoms with Crippen molar-refractivity contribution in [2.75, 3.05) is 6.54 Å². The lowest BCUT2D eigenvalue weighted by atomic mass is 9.91. The lowest BCUT2D eigenvalue weighted by Gasteiger charge is -2.22. The fourth-order valence-electron chi connectivity index (χ4n) is 3.00. The van der Waals surface area contributed by atoms with Crippen molar-refractivity contribution in [1.82, 2.24) is 15.5 Å². The maximum Gasteiger partial charge on any atom is 0.326 e. The standard InChI is InChI=1S/C19H25N3O5/c1-11(2)9-14(16(24)25)20-15(23)10-22-17(26)19(4,21-18(22)27)13-7-5-12(3)6-8-13/h5-8,11,14H,9-10H2,1-4H3,(H,20,23)(H,21,27)(H,24,25). The predicted octanol–water partition coefficient (Wildman–Crippen LogP) is 1.38. The maximum absolute atomic E-state index is 12.8. The number of carboxylic acids is 1. The summed E-state index contributed by atoms with van der Waals surface area (Å²) in [4.78, 5) is 49.4. The number of nitrogens with one attached hydrogen (secondary N) is 2. The van der Waals surface area contributed by atoms with Gasteiger partial charge in [0.05, 0.1) is 0 Å². The Labute approximate surface area is 157 Å².